The lowest BCUT2D eigenvalue weighted by Crippen LogP contribution is -2.53. The summed E-state index contributed by atoms with van der Waals surface area (Å²) in [7, 11) is 0. The van der Waals surface area contributed by atoms with Gasteiger partial charge in [0.05, 0.1) is 6.54 Å². The molecule has 5 rings (SSSR count). The maximum absolute atomic E-state index is 12.8. The van der Waals surface area contributed by atoms with Crippen LogP contribution in [-0.2, 0) is 9.59 Å². The summed E-state index contributed by atoms with van der Waals surface area (Å²) in [6, 6.07) is 7.41. The number of amides is 2. The van der Waals surface area contributed by atoms with Gasteiger partial charge in [0, 0.05) is 23.6 Å². The zero-order chi connectivity index (χ0) is 18.1. The number of carbonyl (C=O) groups is 2. The Morgan fingerprint density at radius 3 is 2.15 bits per heavy atom. The van der Waals surface area contributed by atoms with Gasteiger partial charge in [0.1, 0.15) is 0 Å². The number of hydrogen-bond acceptors (Lipinski definition) is 2. The Hall–Kier alpha value is -2.28. The minimum Gasteiger partial charge on any atom is -0.345 e. The van der Waals surface area contributed by atoms with E-state index < -0.39 is 0 Å². The first-order valence-electron chi connectivity index (χ1n) is 9.67. The molecule has 1 aromatic carbocycles. The fourth-order valence-electron chi connectivity index (χ4n) is 5.69. The van der Waals surface area contributed by atoms with Crippen molar-refractivity contribution in [2.24, 2.45) is 23.2 Å². The number of hydrogen-bond donors (Lipinski definition) is 2. The highest BCUT2D eigenvalue weighted by atomic mass is 16.2. The third-order valence-electron chi connectivity index (χ3n) is 6.30. The third-order valence-corrected chi connectivity index (χ3v) is 6.30. The van der Waals surface area contributed by atoms with E-state index >= 15 is 0 Å². The molecular weight excluding hydrogens is 324 g/mol. The molecule has 0 radical (unpaired) electrons. The van der Waals surface area contributed by atoms with Crippen LogP contribution in [0.3, 0.4) is 0 Å². The minimum absolute atomic E-state index is 0.0868. The van der Waals surface area contributed by atoms with Crippen molar-refractivity contribution in [3.63, 3.8) is 0 Å². The minimum atomic E-state index is -0.101. The Kier molecular flexibility index (Phi) is 4.48. The van der Waals surface area contributed by atoms with Gasteiger partial charge in [-0.05, 0) is 80.5 Å². The fraction of sp³-hybridized carbons (Fsp3) is 0.545. The monoisotopic (exact) mass is 350 g/mol. The molecule has 0 unspecified atom stereocenters. The molecule has 0 aliphatic heterocycles. The number of carbonyl (C=O) groups excluding carboxylic acids is 2. The molecule has 0 atom stereocenters. The van der Waals surface area contributed by atoms with Crippen LogP contribution in [-0.4, -0.2) is 18.4 Å². The highest BCUT2D eigenvalue weighted by Crippen LogP contribution is 2.60. The lowest BCUT2D eigenvalue weighted by molar-refractivity contribution is -0.145. The van der Waals surface area contributed by atoms with Gasteiger partial charge in [-0.2, -0.15) is 0 Å². The quantitative estimate of drug-likeness (QED) is 0.822. The second-order valence-electron chi connectivity index (χ2n) is 8.44. The van der Waals surface area contributed by atoms with E-state index in [1.54, 1.807) is 0 Å². The average molecular weight is 350 g/mol. The highest BCUT2D eigenvalue weighted by molar-refractivity contribution is 5.88. The first kappa shape index (κ1) is 17.1. The van der Waals surface area contributed by atoms with E-state index in [-0.39, 0.29) is 17.2 Å². The van der Waals surface area contributed by atoms with Gasteiger partial charge in [-0.25, -0.2) is 0 Å². The van der Waals surface area contributed by atoms with Crippen LogP contribution in [0.1, 0.15) is 51.0 Å². The molecule has 4 fully saturated rings. The zero-order valence-electron chi connectivity index (χ0n) is 15.3. The van der Waals surface area contributed by atoms with Gasteiger partial charge in [-0.3, -0.25) is 9.59 Å². The van der Waals surface area contributed by atoms with Crippen LogP contribution >= 0.6 is 0 Å². The van der Waals surface area contributed by atoms with Crippen LogP contribution in [0.5, 0.6) is 0 Å². The van der Waals surface area contributed by atoms with Gasteiger partial charge in [0.15, 0.2) is 0 Å². The molecule has 4 bridgehead atoms. The third kappa shape index (κ3) is 3.49. The molecule has 0 heterocycles. The Labute approximate surface area is 155 Å². The number of benzene rings is 1. The molecule has 26 heavy (non-hydrogen) atoms. The van der Waals surface area contributed by atoms with Crippen LogP contribution in [0.2, 0.25) is 0 Å². The normalized spacial score (nSPS) is 31.0. The zero-order valence-corrected chi connectivity index (χ0v) is 15.3. The van der Waals surface area contributed by atoms with Crippen molar-refractivity contribution in [3.8, 4) is 11.8 Å². The van der Waals surface area contributed by atoms with Gasteiger partial charge in [0.2, 0.25) is 11.8 Å². The van der Waals surface area contributed by atoms with Crippen molar-refractivity contribution >= 4 is 17.5 Å². The van der Waals surface area contributed by atoms with Crippen molar-refractivity contribution in [1.29, 1.82) is 0 Å². The van der Waals surface area contributed by atoms with Crippen LogP contribution in [0, 0.1) is 35.0 Å². The summed E-state index contributed by atoms with van der Waals surface area (Å²) >= 11 is 0. The lowest BCUT2D eigenvalue weighted by atomic mass is 9.49. The topological polar surface area (TPSA) is 58.2 Å². The van der Waals surface area contributed by atoms with E-state index in [0.717, 1.165) is 48.3 Å². The largest absolute Gasteiger partial charge is 0.345 e. The molecule has 1 aromatic rings. The van der Waals surface area contributed by atoms with Crippen LogP contribution in [0.25, 0.3) is 0 Å². The molecule has 0 aromatic heterocycles. The summed E-state index contributed by atoms with van der Waals surface area (Å²) < 4.78 is 0. The van der Waals surface area contributed by atoms with Gasteiger partial charge in [-0.15, -0.1) is 0 Å². The van der Waals surface area contributed by atoms with Gasteiger partial charge in [-0.1, -0.05) is 11.8 Å². The van der Waals surface area contributed by atoms with E-state index in [1.807, 2.05) is 24.3 Å². The predicted octanol–water partition coefficient (Wildman–Crippen LogP) is 3.33. The standard InChI is InChI=1S/C22H26N2O2/c1-15(25)24-20-6-4-16(5-7-20)3-2-8-23-21(26)22-12-17-9-18(13-22)11-19(10-17)14-22/h4-7,17-19H,8-14H2,1H3,(H,23,26)(H,24,25). The van der Waals surface area contributed by atoms with E-state index in [2.05, 4.69) is 22.5 Å². The maximum atomic E-state index is 12.8. The van der Waals surface area contributed by atoms with Crippen molar-refractivity contribution in [3.05, 3.63) is 29.8 Å². The highest BCUT2D eigenvalue weighted by Gasteiger charge is 2.54. The molecule has 2 amide bonds. The first-order chi connectivity index (χ1) is 12.5. The second-order valence-corrected chi connectivity index (χ2v) is 8.44. The maximum Gasteiger partial charge on any atom is 0.226 e. The molecule has 136 valence electrons. The summed E-state index contributed by atoms with van der Waals surface area (Å²) in [5.41, 5.74) is 1.54. The van der Waals surface area contributed by atoms with Gasteiger partial charge >= 0.3 is 0 Å². The fourth-order valence-corrected chi connectivity index (χ4v) is 5.69. The van der Waals surface area contributed by atoms with E-state index in [0.29, 0.717) is 6.54 Å². The van der Waals surface area contributed by atoms with Crippen LogP contribution in [0.15, 0.2) is 24.3 Å². The Morgan fingerprint density at radius 2 is 1.62 bits per heavy atom. The number of anilines is 1. The molecule has 4 aliphatic rings. The van der Waals surface area contributed by atoms with E-state index in [9.17, 15) is 9.59 Å². The Balaban J connectivity index is 1.32. The molecule has 0 saturated heterocycles. The summed E-state index contributed by atoms with van der Waals surface area (Å²) in [6.45, 7) is 1.88. The van der Waals surface area contributed by atoms with Crippen LogP contribution in [0.4, 0.5) is 5.69 Å². The second kappa shape index (κ2) is 6.79. The molecule has 4 saturated carbocycles. The molecule has 4 nitrogen and oxygen atoms in total. The van der Waals surface area contributed by atoms with Crippen molar-refractivity contribution < 1.29 is 9.59 Å². The summed E-state index contributed by atoms with van der Waals surface area (Å²) in [5, 5.41) is 5.81. The van der Waals surface area contributed by atoms with E-state index in [4.69, 9.17) is 0 Å². The SMILES string of the molecule is CC(=O)Nc1ccc(C#CCNC(=O)C23CC4CC(CC(C4)C2)C3)cc1. The number of rotatable bonds is 3. The van der Waals surface area contributed by atoms with Crippen molar-refractivity contribution in [2.45, 2.75) is 45.4 Å². The molecule has 0 spiro atoms. The van der Waals surface area contributed by atoms with Gasteiger partial charge in [0.25, 0.3) is 0 Å². The summed E-state index contributed by atoms with van der Waals surface area (Å²) in [4.78, 5) is 23.9. The first-order valence-corrected chi connectivity index (χ1v) is 9.67. The van der Waals surface area contributed by atoms with E-state index in [1.165, 1.54) is 26.2 Å². The Morgan fingerprint density at radius 1 is 1.04 bits per heavy atom. The molecular formula is C22H26N2O2. The summed E-state index contributed by atoms with van der Waals surface area (Å²) in [5.74, 6) is 8.61. The van der Waals surface area contributed by atoms with Gasteiger partial charge < -0.3 is 10.6 Å². The number of nitrogens with one attached hydrogen (secondary N) is 2. The predicted molar refractivity (Wildman–Crippen MR) is 101 cm³/mol. The van der Waals surface area contributed by atoms with Crippen molar-refractivity contribution in [2.75, 3.05) is 11.9 Å². The smallest absolute Gasteiger partial charge is 0.226 e. The molecule has 4 heteroatoms. The lowest BCUT2D eigenvalue weighted by Gasteiger charge is -2.55. The molecule has 2 N–H and O–H groups in total. The Bertz CT molecular complexity index is 734. The summed E-state index contributed by atoms with van der Waals surface area (Å²) in [6.07, 6.45) is 7.30. The molecule has 4 aliphatic carbocycles. The van der Waals surface area contributed by atoms with Crippen molar-refractivity contribution in [1.82, 2.24) is 5.32 Å². The van der Waals surface area contributed by atoms with Crippen LogP contribution < -0.4 is 10.6 Å². The average Bonchev–Trinajstić information content (AvgIpc) is 2.58.